The number of aryl methyl sites for hydroxylation is 1. The quantitative estimate of drug-likeness (QED) is 0.773. The van der Waals surface area contributed by atoms with E-state index in [0.29, 0.717) is 16.8 Å². The monoisotopic (exact) mass is 371 g/mol. The third-order valence-electron chi connectivity index (χ3n) is 3.35. The second-order valence-corrected chi connectivity index (χ2v) is 6.10. The molecule has 0 bridgehead atoms. The van der Waals surface area contributed by atoms with Crippen LogP contribution in [0.3, 0.4) is 0 Å². The lowest BCUT2D eigenvalue weighted by Crippen LogP contribution is -2.04. The van der Waals surface area contributed by atoms with Crippen molar-refractivity contribution < 1.29 is 19.0 Å². The van der Waals surface area contributed by atoms with Crippen LogP contribution < -0.4 is 10.1 Å². The Morgan fingerprint density at radius 2 is 1.88 bits per heavy atom. The van der Waals surface area contributed by atoms with Crippen molar-refractivity contribution in [3.05, 3.63) is 56.8 Å². The van der Waals surface area contributed by atoms with E-state index in [1.54, 1.807) is 19.2 Å². The Kier molecular flexibility index (Phi) is 5.91. The van der Waals surface area contributed by atoms with Crippen LogP contribution >= 0.6 is 23.2 Å². The van der Waals surface area contributed by atoms with Crippen LogP contribution in [-0.2, 0) is 17.8 Å². The number of hydrogen-bond acceptors (Lipinski definition) is 3. The zero-order valence-corrected chi connectivity index (χ0v) is 14.6. The summed E-state index contributed by atoms with van der Waals surface area (Å²) in [6.45, 7) is 1.80. The van der Waals surface area contributed by atoms with Gasteiger partial charge in [0.1, 0.15) is 6.61 Å². The van der Waals surface area contributed by atoms with Gasteiger partial charge in [0, 0.05) is 12.6 Å². The Morgan fingerprint density at radius 1 is 1.25 bits per heavy atom. The molecule has 0 aliphatic rings. The van der Waals surface area contributed by atoms with Crippen LogP contribution in [-0.4, -0.2) is 18.1 Å². The lowest BCUT2D eigenvalue weighted by Gasteiger charge is -2.14. The van der Waals surface area contributed by atoms with Crippen molar-refractivity contribution in [2.45, 2.75) is 20.0 Å². The van der Waals surface area contributed by atoms with E-state index in [1.807, 2.05) is 6.92 Å². The number of halogens is 3. The van der Waals surface area contributed by atoms with Crippen LogP contribution in [0.25, 0.3) is 0 Å². The molecule has 0 saturated carbocycles. The molecule has 0 spiro atoms. The number of carboxylic acids is 1. The van der Waals surface area contributed by atoms with Crippen molar-refractivity contribution in [3.63, 3.8) is 0 Å². The first kappa shape index (κ1) is 18.4. The van der Waals surface area contributed by atoms with E-state index in [9.17, 15) is 9.18 Å². The molecule has 0 amide bonds. The van der Waals surface area contributed by atoms with Gasteiger partial charge in [-0.25, -0.2) is 4.39 Å². The van der Waals surface area contributed by atoms with E-state index < -0.39 is 11.8 Å². The van der Waals surface area contributed by atoms with Gasteiger partial charge in [0.15, 0.2) is 11.6 Å². The number of hydrogen-bond donors (Lipinski definition) is 2. The molecule has 0 fully saturated rings. The lowest BCUT2D eigenvalue weighted by molar-refractivity contribution is -0.136. The third kappa shape index (κ3) is 4.30. The van der Waals surface area contributed by atoms with Crippen LogP contribution in [0.4, 0.5) is 10.1 Å². The maximum Gasteiger partial charge on any atom is 0.307 e. The SMILES string of the molecule is CNc1cc(C)cc(COc2c(Cl)cc(CC(=O)O)cc2Cl)c1F. The number of benzene rings is 2. The van der Waals surface area contributed by atoms with E-state index in [0.717, 1.165) is 5.56 Å². The van der Waals surface area contributed by atoms with E-state index in [1.165, 1.54) is 12.1 Å². The summed E-state index contributed by atoms with van der Waals surface area (Å²) in [4.78, 5) is 10.8. The van der Waals surface area contributed by atoms with Gasteiger partial charge in [0.25, 0.3) is 0 Å². The summed E-state index contributed by atoms with van der Waals surface area (Å²) in [5.74, 6) is -1.20. The number of anilines is 1. The molecule has 0 aromatic heterocycles. The van der Waals surface area contributed by atoms with Crippen molar-refractivity contribution in [1.82, 2.24) is 0 Å². The van der Waals surface area contributed by atoms with Gasteiger partial charge in [-0.15, -0.1) is 0 Å². The van der Waals surface area contributed by atoms with Gasteiger partial charge in [-0.1, -0.05) is 23.2 Å². The summed E-state index contributed by atoms with van der Waals surface area (Å²) < 4.78 is 19.9. The molecule has 0 heterocycles. The van der Waals surface area contributed by atoms with Crippen molar-refractivity contribution in [2.24, 2.45) is 0 Å². The molecule has 0 aliphatic heterocycles. The Morgan fingerprint density at radius 3 is 2.42 bits per heavy atom. The minimum atomic E-state index is -0.989. The van der Waals surface area contributed by atoms with Crippen LogP contribution in [0.2, 0.25) is 10.0 Å². The fraction of sp³-hybridized carbons (Fsp3) is 0.235. The molecule has 24 heavy (non-hydrogen) atoms. The van der Waals surface area contributed by atoms with Crippen LogP contribution in [0, 0.1) is 12.7 Å². The molecule has 0 aliphatic carbocycles. The minimum Gasteiger partial charge on any atom is -0.486 e. The van der Waals surface area contributed by atoms with Crippen molar-refractivity contribution >= 4 is 34.9 Å². The Bertz CT molecular complexity index is 758. The van der Waals surface area contributed by atoms with Crippen molar-refractivity contribution in [3.8, 4) is 5.75 Å². The highest BCUT2D eigenvalue weighted by molar-refractivity contribution is 6.37. The lowest BCUT2D eigenvalue weighted by atomic mass is 10.1. The Labute approximate surface area is 149 Å². The number of ether oxygens (including phenoxy) is 1. The van der Waals surface area contributed by atoms with Gasteiger partial charge >= 0.3 is 5.97 Å². The highest BCUT2D eigenvalue weighted by atomic mass is 35.5. The first-order chi connectivity index (χ1) is 11.3. The van der Waals surface area contributed by atoms with Crippen molar-refractivity contribution in [1.29, 1.82) is 0 Å². The molecular formula is C17H16Cl2FNO3. The zero-order chi connectivity index (χ0) is 17.9. The minimum absolute atomic E-state index is 0.0556. The summed E-state index contributed by atoms with van der Waals surface area (Å²) in [6.07, 6.45) is -0.197. The number of aliphatic carboxylic acids is 1. The van der Waals surface area contributed by atoms with E-state index in [2.05, 4.69) is 5.32 Å². The number of carbonyl (C=O) groups is 1. The molecule has 2 N–H and O–H groups in total. The Balaban J connectivity index is 2.24. The largest absolute Gasteiger partial charge is 0.486 e. The molecule has 128 valence electrons. The predicted octanol–water partition coefficient (Wildman–Crippen LogP) is 4.69. The summed E-state index contributed by atoms with van der Waals surface area (Å²) >= 11 is 12.2. The van der Waals surface area contributed by atoms with E-state index in [4.69, 9.17) is 33.0 Å². The summed E-state index contributed by atoms with van der Waals surface area (Å²) in [7, 11) is 1.64. The highest BCUT2D eigenvalue weighted by Crippen LogP contribution is 2.35. The standard InChI is InChI=1S/C17H16Cl2FNO3/c1-9-3-11(16(20)14(4-9)21-2)8-24-17-12(18)5-10(6-13(17)19)7-15(22)23/h3-6,21H,7-8H2,1-2H3,(H,22,23). The summed E-state index contributed by atoms with van der Waals surface area (Å²) in [6, 6.07) is 6.32. The van der Waals surface area contributed by atoms with Gasteiger partial charge < -0.3 is 15.2 Å². The molecule has 7 heteroatoms. The van der Waals surface area contributed by atoms with Gasteiger partial charge in [-0.3, -0.25) is 4.79 Å². The number of rotatable bonds is 6. The summed E-state index contributed by atoms with van der Waals surface area (Å²) in [5.41, 5.74) is 2.08. The smallest absolute Gasteiger partial charge is 0.307 e. The Hall–Kier alpha value is -1.98. The molecular weight excluding hydrogens is 356 g/mol. The second kappa shape index (κ2) is 7.73. The number of nitrogens with one attached hydrogen (secondary N) is 1. The van der Waals surface area contributed by atoms with E-state index in [-0.39, 0.29) is 28.8 Å². The topological polar surface area (TPSA) is 58.6 Å². The third-order valence-corrected chi connectivity index (χ3v) is 3.91. The first-order valence-electron chi connectivity index (χ1n) is 7.11. The van der Waals surface area contributed by atoms with Crippen LogP contribution in [0.15, 0.2) is 24.3 Å². The molecule has 0 saturated heterocycles. The van der Waals surface area contributed by atoms with Crippen molar-refractivity contribution in [2.75, 3.05) is 12.4 Å². The molecule has 0 radical (unpaired) electrons. The summed E-state index contributed by atoms with van der Waals surface area (Å²) in [5, 5.41) is 12.0. The maximum atomic E-state index is 14.3. The molecule has 2 aromatic rings. The second-order valence-electron chi connectivity index (χ2n) is 5.28. The molecule has 2 rings (SSSR count). The van der Waals surface area contributed by atoms with Crippen LogP contribution in [0.1, 0.15) is 16.7 Å². The molecule has 2 aromatic carbocycles. The highest BCUT2D eigenvalue weighted by Gasteiger charge is 2.14. The molecule has 0 atom stereocenters. The fourth-order valence-electron chi connectivity index (χ4n) is 2.31. The van der Waals surface area contributed by atoms with E-state index >= 15 is 0 Å². The average Bonchev–Trinajstić information content (AvgIpc) is 2.48. The van der Waals surface area contributed by atoms with Gasteiger partial charge in [0.05, 0.1) is 22.2 Å². The first-order valence-corrected chi connectivity index (χ1v) is 7.86. The molecule has 4 nitrogen and oxygen atoms in total. The fourth-order valence-corrected chi connectivity index (χ4v) is 2.95. The van der Waals surface area contributed by atoms with Gasteiger partial charge in [-0.05, 0) is 42.3 Å². The number of carboxylic acid groups (broad SMARTS) is 1. The van der Waals surface area contributed by atoms with Gasteiger partial charge in [0.2, 0.25) is 0 Å². The van der Waals surface area contributed by atoms with Gasteiger partial charge in [-0.2, -0.15) is 0 Å². The normalized spacial score (nSPS) is 10.5. The predicted molar refractivity (Wildman–Crippen MR) is 92.8 cm³/mol. The zero-order valence-electron chi connectivity index (χ0n) is 13.1. The maximum absolute atomic E-state index is 14.3. The average molecular weight is 372 g/mol. The molecule has 0 unspecified atom stereocenters. The van der Waals surface area contributed by atoms with Crippen LogP contribution in [0.5, 0.6) is 5.75 Å².